The lowest BCUT2D eigenvalue weighted by Gasteiger charge is -2.18. The van der Waals surface area contributed by atoms with Gasteiger partial charge in [-0.3, -0.25) is 4.79 Å². The zero-order valence-corrected chi connectivity index (χ0v) is 20.2. The fourth-order valence-electron chi connectivity index (χ4n) is 3.42. The molecule has 2 aromatic carbocycles. The van der Waals surface area contributed by atoms with Crippen LogP contribution >= 0.6 is 11.3 Å². The molecule has 7 nitrogen and oxygen atoms in total. The van der Waals surface area contributed by atoms with E-state index in [0.717, 1.165) is 16.0 Å². The molecule has 34 heavy (non-hydrogen) atoms. The summed E-state index contributed by atoms with van der Waals surface area (Å²) < 4.78 is 24.1. The number of nitrogens with zero attached hydrogens (tertiary/aromatic N) is 1. The number of aryl methyl sites for hydroxylation is 1. The number of rotatable bonds is 10. The van der Waals surface area contributed by atoms with Crippen molar-refractivity contribution in [3.05, 3.63) is 70.0 Å². The summed E-state index contributed by atoms with van der Waals surface area (Å²) >= 11 is 1.36. The standard InChI is InChI=1S/C25H27FN2O5S/c1-14(2)33-21(25(30)31)12-16-5-10-20(32-4)18(11-16)13-27-23(29)22-15(3)34-24(28-22)17-6-8-19(26)9-7-17/h5-11,14,21H,12-13H2,1-4H3,(H,27,29)(H,30,31). The number of aliphatic carboxylic acids is 1. The van der Waals surface area contributed by atoms with Crippen LogP contribution in [0, 0.1) is 12.7 Å². The highest BCUT2D eigenvalue weighted by Crippen LogP contribution is 2.28. The summed E-state index contributed by atoms with van der Waals surface area (Å²) in [4.78, 5) is 29.6. The van der Waals surface area contributed by atoms with Crippen molar-refractivity contribution in [2.75, 3.05) is 7.11 Å². The number of hydrogen-bond donors (Lipinski definition) is 2. The average Bonchev–Trinajstić information content (AvgIpc) is 3.19. The molecule has 180 valence electrons. The first-order valence-electron chi connectivity index (χ1n) is 10.7. The van der Waals surface area contributed by atoms with E-state index in [4.69, 9.17) is 9.47 Å². The normalized spacial score (nSPS) is 11.9. The Morgan fingerprint density at radius 2 is 1.88 bits per heavy atom. The molecule has 0 aliphatic heterocycles. The smallest absolute Gasteiger partial charge is 0.333 e. The van der Waals surface area contributed by atoms with E-state index in [9.17, 15) is 19.1 Å². The number of carbonyl (C=O) groups is 2. The van der Waals surface area contributed by atoms with E-state index in [1.54, 1.807) is 44.2 Å². The number of hydrogen-bond acceptors (Lipinski definition) is 6. The molecule has 1 atom stereocenters. The van der Waals surface area contributed by atoms with Crippen LogP contribution in [-0.2, 0) is 22.5 Å². The molecule has 0 aliphatic carbocycles. The monoisotopic (exact) mass is 486 g/mol. The first-order chi connectivity index (χ1) is 16.2. The minimum Gasteiger partial charge on any atom is -0.496 e. The van der Waals surface area contributed by atoms with Gasteiger partial charge in [0.2, 0.25) is 0 Å². The fourth-order valence-corrected chi connectivity index (χ4v) is 4.33. The fraction of sp³-hybridized carbons (Fsp3) is 0.320. The Balaban J connectivity index is 1.74. The first kappa shape index (κ1) is 25.3. The van der Waals surface area contributed by atoms with Crippen molar-refractivity contribution >= 4 is 23.2 Å². The van der Waals surface area contributed by atoms with Crippen LogP contribution in [0.25, 0.3) is 10.6 Å². The largest absolute Gasteiger partial charge is 0.496 e. The van der Waals surface area contributed by atoms with Crippen molar-refractivity contribution in [3.8, 4) is 16.3 Å². The average molecular weight is 487 g/mol. The Labute approximate surface area is 201 Å². The quantitative estimate of drug-likeness (QED) is 0.434. The van der Waals surface area contributed by atoms with Gasteiger partial charge in [0.1, 0.15) is 22.3 Å². The highest BCUT2D eigenvalue weighted by Gasteiger charge is 2.21. The maximum Gasteiger partial charge on any atom is 0.333 e. The summed E-state index contributed by atoms with van der Waals surface area (Å²) in [6.07, 6.45) is -1.01. The topological polar surface area (TPSA) is 97.8 Å². The van der Waals surface area contributed by atoms with Gasteiger partial charge in [0.15, 0.2) is 6.10 Å². The summed E-state index contributed by atoms with van der Waals surface area (Å²) in [5, 5.41) is 12.9. The molecule has 9 heteroatoms. The molecule has 0 fully saturated rings. The van der Waals surface area contributed by atoms with Gasteiger partial charge in [-0.15, -0.1) is 11.3 Å². The SMILES string of the molecule is COc1ccc(CC(OC(C)C)C(=O)O)cc1CNC(=O)c1nc(-c2ccc(F)cc2)sc1C. The predicted octanol–water partition coefficient (Wildman–Crippen LogP) is 4.62. The lowest BCUT2D eigenvalue weighted by atomic mass is 10.0. The number of carboxylic acid groups (broad SMARTS) is 1. The van der Waals surface area contributed by atoms with Gasteiger partial charge in [-0.25, -0.2) is 14.2 Å². The molecular weight excluding hydrogens is 459 g/mol. The van der Waals surface area contributed by atoms with E-state index in [-0.39, 0.29) is 30.8 Å². The van der Waals surface area contributed by atoms with Gasteiger partial charge in [0.25, 0.3) is 5.91 Å². The van der Waals surface area contributed by atoms with Crippen LogP contribution < -0.4 is 10.1 Å². The molecule has 1 aromatic heterocycles. The summed E-state index contributed by atoms with van der Waals surface area (Å²) in [7, 11) is 1.53. The Bertz CT molecular complexity index is 1160. The van der Waals surface area contributed by atoms with Crippen LogP contribution in [0.1, 0.15) is 40.3 Å². The van der Waals surface area contributed by atoms with Crippen LogP contribution in [0.5, 0.6) is 5.75 Å². The molecule has 2 N–H and O–H groups in total. The molecule has 1 unspecified atom stereocenters. The van der Waals surface area contributed by atoms with Crippen LogP contribution in [0.15, 0.2) is 42.5 Å². The van der Waals surface area contributed by atoms with Gasteiger partial charge < -0.3 is 19.9 Å². The Morgan fingerprint density at radius 3 is 2.50 bits per heavy atom. The lowest BCUT2D eigenvalue weighted by Crippen LogP contribution is -2.29. The molecule has 0 aliphatic rings. The molecular formula is C25H27FN2O5S. The second kappa shape index (κ2) is 11.2. The van der Waals surface area contributed by atoms with Crippen molar-refractivity contribution in [1.82, 2.24) is 10.3 Å². The first-order valence-corrected chi connectivity index (χ1v) is 11.5. The third-order valence-electron chi connectivity index (χ3n) is 5.02. The minimum absolute atomic E-state index is 0.168. The van der Waals surface area contributed by atoms with Gasteiger partial charge in [0, 0.05) is 29.0 Å². The number of carbonyl (C=O) groups excluding carboxylic acids is 1. The number of amides is 1. The molecule has 1 heterocycles. The Kier molecular flexibility index (Phi) is 8.36. The number of carboxylic acids is 1. The number of benzene rings is 2. The van der Waals surface area contributed by atoms with Crippen LogP contribution in [0.3, 0.4) is 0 Å². The van der Waals surface area contributed by atoms with E-state index >= 15 is 0 Å². The number of nitrogens with one attached hydrogen (secondary N) is 1. The third-order valence-corrected chi connectivity index (χ3v) is 6.04. The summed E-state index contributed by atoms with van der Waals surface area (Å²) in [5.41, 5.74) is 2.49. The highest BCUT2D eigenvalue weighted by molar-refractivity contribution is 7.15. The zero-order valence-electron chi connectivity index (χ0n) is 19.4. The van der Waals surface area contributed by atoms with Crippen molar-refractivity contribution in [3.63, 3.8) is 0 Å². The number of ether oxygens (including phenoxy) is 2. The number of thiazole rings is 1. The predicted molar refractivity (Wildman–Crippen MR) is 128 cm³/mol. The van der Waals surface area contributed by atoms with Gasteiger partial charge in [0.05, 0.1) is 13.2 Å². The maximum atomic E-state index is 13.2. The minimum atomic E-state index is -1.03. The number of aromatic nitrogens is 1. The van der Waals surface area contributed by atoms with E-state index in [0.29, 0.717) is 22.0 Å². The number of halogens is 1. The second-order valence-electron chi connectivity index (χ2n) is 7.98. The van der Waals surface area contributed by atoms with Crippen molar-refractivity contribution in [2.45, 2.75) is 45.9 Å². The third kappa shape index (κ3) is 6.39. The summed E-state index contributed by atoms with van der Waals surface area (Å²) in [6.45, 7) is 5.54. The Hall–Kier alpha value is -3.30. The molecule has 0 saturated heterocycles. The maximum absolute atomic E-state index is 13.2. The Morgan fingerprint density at radius 1 is 1.18 bits per heavy atom. The van der Waals surface area contributed by atoms with Gasteiger partial charge in [-0.1, -0.05) is 12.1 Å². The van der Waals surface area contributed by atoms with E-state index in [1.165, 1.54) is 30.6 Å². The lowest BCUT2D eigenvalue weighted by molar-refractivity contribution is -0.153. The molecule has 0 bridgehead atoms. The zero-order chi connectivity index (χ0) is 24.8. The van der Waals surface area contributed by atoms with E-state index in [2.05, 4.69) is 10.3 Å². The molecule has 1 amide bonds. The molecule has 0 radical (unpaired) electrons. The highest BCUT2D eigenvalue weighted by atomic mass is 32.1. The summed E-state index contributed by atoms with van der Waals surface area (Å²) in [6, 6.07) is 11.3. The van der Waals surface area contributed by atoms with Crippen LogP contribution in [0.2, 0.25) is 0 Å². The molecule has 3 rings (SSSR count). The summed E-state index contributed by atoms with van der Waals surface area (Å²) in [5.74, 6) is -1.14. The van der Waals surface area contributed by atoms with Crippen molar-refractivity contribution < 1.29 is 28.6 Å². The van der Waals surface area contributed by atoms with Crippen LogP contribution in [-0.4, -0.2) is 41.3 Å². The van der Waals surface area contributed by atoms with Crippen LogP contribution in [0.4, 0.5) is 4.39 Å². The van der Waals surface area contributed by atoms with E-state index in [1.807, 2.05) is 6.92 Å². The van der Waals surface area contributed by atoms with Gasteiger partial charge >= 0.3 is 5.97 Å². The second-order valence-corrected chi connectivity index (χ2v) is 9.18. The molecule has 0 saturated carbocycles. The van der Waals surface area contributed by atoms with Gasteiger partial charge in [-0.05, 0) is 56.7 Å². The van der Waals surface area contributed by atoms with E-state index < -0.39 is 12.1 Å². The molecule has 3 aromatic rings. The number of methoxy groups -OCH3 is 1. The molecule has 0 spiro atoms. The van der Waals surface area contributed by atoms with Gasteiger partial charge in [-0.2, -0.15) is 0 Å². The van der Waals surface area contributed by atoms with Crippen molar-refractivity contribution in [2.24, 2.45) is 0 Å². The van der Waals surface area contributed by atoms with Crippen molar-refractivity contribution in [1.29, 1.82) is 0 Å².